The molecular weight excluding hydrogens is 350 g/mol. The van der Waals surface area contributed by atoms with Crippen molar-refractivity contribution < 1.29 is 8.78 Å². The molecule has 2 N–H and O–H groups in total. The molecule has 0 radical (unpaired) electrons. The lowest BCUT2D eigenvalue weighted by molar-refractivity contribution is -0.00831. The number of alkyl halides is 2. The average Bonchev–Trinajstić information content (AvgIpc) is 3.43. The SMILES string of the molecule is C=C/N=c1/ccc(-c2c[nH]c3nc(NCC(F)(F)C4CC4)ncc23)cn1C. The highest BCUT2D eigenvalue weighted by Crippen LogP contribution is 2.43. The van der Waals surface area contributed by atoms with Gasteiger partial charge in [0.05, 0.1) is 6.54 Å². The molecule has 0 aromatic carbocycles. The molecule has 0 amide bonds. The Kier molecular flexibility index (Phi) is 4.25. The largest absolute Gasteiger partial charge is 0.348 e. The van der Waals surface area contributed by atoms with Gasteiger partial charge in [-0.25, -0.2) is 18.8 Å². The Balaban J connectivity index is 1.60. The molecule has 27 heavy (non-hydrogen) atoms. The van der Waals surface area contributed by atoms with Gasteiger partial charge in [-0.1, -0.05) is 6.58 Å². The predicted molar refractivity (Wildman–Crippen MR) is 100 cm³/mol. The zero-order valence-electron chi connectivity index (χ0n) is 14.9. The number of hydrogen-bond donors (Lipinski definition) is 2. The van der Waals surface area contributed by atoms with Crippen molar-refractivity contribution in [2.45, 2.75) is 18.8 Å². The zero-order valence-corrected chi connectivity index (χ0v) is 14.9. The Hall–Kier alpha value is -3.03. The lowest BCUT2D eigenvalue weighted by Gasteiger charge is -2.15. The Bertz CT molecular complexity index is 1060. The zero-order chi connectivity index (χ0) is 19.0. The fourth-order valence-electron chi connectivity index (χ4n) is 3.06. The van der Waals surface area contributed by atoms with Crippen molar-refractivity contribution in [3.63, 3.8) is 0 Å². The number of aryl methyl sites for hydroxylation is 1. The molecule has 1 fully saturated rings. The molecule has 6 nitrogen and oxygen atoms in total. The quantitative estimate of drug-likeness (QED) is 0.698. The van der Waals surface area contributed by atoms with Gasteiger partial charge in [-0.2, -0.15) is 4.98 Å². The second-order valence-electron chi connectivity index (χ2n) is 6.75. The van der Waals surface area contributed by atoms with Crippen LogP contribution in [0.25, 0.3) is 22.2 Å². The van der Waals surface area contributed by atoms with Crippen LogP contribution >= 0.6 is 0 Å². The van der Waals surface area contributed by atoms with Crippen LogP contribution in [0.1, 0.15) is 12.8 Å². The van der Waals surface area contributed by atoms with Crippen LogP contribution < -0.4 is 10.8 Å². The third-order valence-corrected chi connectivity index (χ3v) is 4.73. The molecule has 3 heterocycles. The number of anilines is 1. The van der Waals surface area contributed by atoms with Crippen LogP contribution in [0.2, 0.25) is 0 Å². The van der Waals surface area contributed by atoms with Crippen molar-refractivity contribution in [1.82, 2.24) is 19.5 Å². The molecule has 4 rings (SSSR count). The molecule has 0 bridgehead atoms. The summed E-state index contributed by atoms with van der Waals surface area (Å²) in [7, 11) is 1.90. The Labute approximate surface area is 154 Å². The van der Waals surface area contributed by atoms with Gasteiger partial charge in [-0.15, -0.1) is 0 Å². The van der Waals surface area contributed by atoms with Gasteiger partial charge < -0.3 is 14.9 Å². The molecular formula is C19H20F2N6. The van der Waals surface area contributed by atoms with Crippen LogP contribution in [0, 0.1) is 5.92 Å². The van der Waals surface area contributed by atoms with Gasteiger partial charge >= 0.3 is 0 Å². The first-order valence-electron chi connectivity index (χ1n) is 8.75. The van der Waals surface area contributed by atoms with Crippen LogP contribution in [0.15, 0.2) is 48.5 Å². The van der Waals surface area contributed by atoms with E-state index in [0.717, 1.165) is 22.0 Å². The summed E-state index contributed by atoms with van der Waals surface area (Å²) in [5, 5.41) is 3.48. The van der Waals surface area contributed by atoms with E-state index in [1.54, 1.807) is 6.20 Å². The van der Waals surface area contributed by atoms with E-state index in [1.807, 2.05) is 36.1 Å². The summed E-state index contributed by atoms with van der Waals surface area (Å²) >= 11 is 0. The van der Waals surface area contributed by atoms with E-state index in [9.17, 15) is 8.78 Å². The average molecular weight is 370 g/mol. The van der Waals surface area contributed by atoms with Crippen LogP contribution in [0.3, 0.4) is 0 Å². The topological polar surface area (TPSA) is 70.9 Å². The van der Waals surface area contributed by atoms with Crippen LogP contribution in [-0.2, 0) is 7.05 Å². The number of halogens is 2. The standard InChI is InChI=1S/C19H20F2N6/c1-3-22-16-7-4-12(10-27(16)2)14-8-23-17-15(14)9-24-18(26-17)25-11-19(20,21)13-5-6-13/h3-4,7-10,13H,1,5-6,11H2,2H3,(H2,23,24,25,26)/b22-16-. The number of hydrogen-bond acceptors (Lipinski definition) is 4. The molecule has 0 unspecified atom stereocenters. The molecule has 140 valence electrons. The summed E-state index contributed by atoms with van der Waals surface area (Å²) in [6.45, 7) is 3.16. The minimum atomic E-state index is -2.72. The van der Waals surface area contributed by atoms with Gasteiger partial charge in [-0.05, 0) is 25.0 Å². The number of aromatic amines is 1. The van der Waals surface area contributed by atoms with E-state index in [2.05, 4.69) is 31.8 Å². The number of nitrogens with one attached hydrogen (secondary N) is 2. The lowest BCUT2D eigenvalue weighted by atomic mass is 10.1. The van der Waals surface area contributed by atoms with E-state index in [1.165, 1.54) is 6.20 Å². The summed E-state index contributed by atoms with van der Waals surface area (Å²) in [6, 6.07) is 3.85. The summed E-state index contributed by atoms with van der Waals surface area (Å²) in [4.78, 5) is 15.8. The van der Waals surface area contributed by atoms with Crippen LogP contribution in [-0.4, -0.2) is 32.0 Å². The first-order chi connectivity index (χ1) is 13.0. The smallest absolute Gasteiger partial charge is 0.267 e. The molecule has 0 spiro atoms. The van der Waals surface area contributed by atoms with E-state index in [4.69, 9.17) is 0 Å². The summed E-state index contributed by atoms with van der Waals surface area (Å²) in [5.74, 6) is -3.03. The van der Waals surface area contributed by atoms with Crippen LogP contribution in [0.4, 0.5) is 14.7 Å². The molecule has 0 atom stereocenters. The molecule has 0 aliphatic heterocycles. The maximum Gasteiger partial charge on any atom is 0.267 e. The molecule has 8 heteroatoms. The Morgan fingerprint density at radius 2 is 2.26 bits per heavy atom. The number of fused-ring (bicyclic) bond motifs is 1. The van der Waals surface area contributed by atoms with Gasteiger partial charge in [0.1, 0.15) is 11.1 Å². The van der Waals surface area contributed by atoms with Crippen molar-refractivity contribution in [2.24, 2.45) is 18.0 Å². The van der Waals surface area contributed by atoms with Crippen LogP contribution in [0.5, 0.6) is 0 Å². The van der Waals surface area contributed by atoms with Gasteiger partial charge in [0, 0.05) is 54.3 Å². The van der Waals surface area contributed by atoms with Crippen molar-refractivity contribution in [1.29, 1.82) is 0 Å². The number of H-pyrrole nitrogens is 1. The van der Waals surface area contributed by atoms with Gasteiger partial charge in [-0.3, -0.25) is 0 Å². The minimum Gasteiger partial charge on any atom is -0.348 e. The second-order valence-corrected chi connectivity index (χ2v) is 6.75. The van der Waals surface area contributed by atoms with Crippen molar-refractivity contribution in [3.05, 3.63) is 49.0 Å². The maximum absolute atomic E-state index is 13.8. The fraction of sp³-hybridized carbons (Fsp3) is 0.316. The number of aromatic nitrogens is 4. The van der Waals surface area contributed by atoms with Crippen molar-refractivity contribution in [3.8, 4) is 11.1 Å². The Morgan fingerprint density at radius 1 is 1.44 bits per heavy atom. The highest BCUT2D eigenvalue weighted by atomic mass is 19.3. The highest BCUT2D eigenvalue weighted by Gasteiger charge is 2.46. The number of rotatable bonds is 6. The first-order valence-corrected chi connectivity index (χ1v) is 8.75. The maximum atomic E-state index is 13.8. The minimum absolute atomic E-state index is 0.196. The molecule has 3 aromatic heterocycles. The van der Waals surface area contributed by atoms with E-state index >= 15 is 0 Å². The summed E-state index contributed by atoms with van der Waals surface area (Å²) in [5.41, 5.74) is 3.28. The molecule has 0 saturated heterocycles. The van der Waals surface area contributed by atoms with Gasteiger partial charge in [0.2, 0.25) is 5.95 Å². The number of nitrogens with zero attached hydrogens (tertiary/aromatic N) is 4. The first kappa shape index (κ1) is 17.4. The molecule has 1 aliphatic carbocycles. The third kappa shape index (κ3) is 3.47. The van der Waals surface area contributed by atoms with E-state index < -0.39 is 18.4 Å². The monoisotopic (exact) mass is 370 g/mol. The van der Waals surface area contributed by atoms with Gasteiger partial charge in [0.15, 0.2) is 0 Å². The highest BCUT2D eigenvalue weighted by molar-refractivity contribution is 5.93. The fourth-order valence-corrected chi connectivity index (χ4v) is 3.06. The summed E-state index contributed by atoms with van der Waals surface area (Å²) < 4.78 is 29.5. The second kappa shape index (κ2) is 6.61. The molecule has 1 aliphatic rings. The Morgan fingerprint density at radius 3 is 2.96 bits per heavy atom. The third-order valence-electron chi connectivity index (χ3n) is 4.73. The normalized spacial score (nSPS) is 15.3. The van der Waals surface area contributed by atoms with Crippen molar-refractivity contribution in [2.75, 3.05) is 11.9 Å². The van der Waals surface area contributed by atoms with Crippen molar-refractivity contribution >= 4 is 17.0 Å². The number of pyridine rings is 1. The van der Waals surface area contributed by atoms with Gasteiger partial charge in [0.25, 0.3) is 5.92 Å². The van der Waals surface area contributed by atoms with E-state index in [-0.39, 0.29) is 5.95 Å². The predicted octanol–water partition coefficient (Wildman–Crippen LogP) is 3.46. The summed E-state index contributed by atoms with van der Waals surface area (Å²) in [6.07, 6.45) is 8.11. The molecule has 3 aromatic rings. The molecule has 1 saturated carbocycles. The van der Waals surface area contributed by atoms with E-state index in [0.29, 0.717) is 18.5 Å². The lowest BCUT2D eigenvalue weighted by Crippen LogP contribution is -2.29.